The van der Waals surface area contributed by atoms with Crippen molar-refractivity contribution in [1.82, 2.24) is 14.9 Å². The van der Waals surface area contributed by atoms with Crippen molar-refractivity contribution in [1.29, 1.82) is 0 Å². The van der Waals surface area contributed by atoms with Gasteiger partial charge in [0.25, 0.3) is 0 Å². The van der Waals surface area contributed by atoms with E-state index in [-0.39, 0.29) is 12.0 Å². The van der Waals surface area contributed by atoms with Crippen LogP contribution in [0.2, 0.25) is 0 Å². The molecule has 1 aromatic carbocycles. The third-order valence-electron chi connectivity index (χ3n) is 4.21. The average molecular weight is 356 g/mol. The molecule has 1 aromatic heterocycles. The number of anilines is 1. The molecule has 1 aliphatic rings. The highest BCUT2D eigenvalue weighted by Crippen LogP contribution is 2.18. The summed E-state index contributed by atoms with van der Waals surface area (Å²) < 4.78 is 11.0. The Bertz CT molecular complexity index is 736. The highest BCUT2D eigenvalue weighted by molar-refractivity contribution is 5.92. The van der Waals surface area contributed by atoms with Gasteiger partial charge in [0.05, 0.1) is 13.7 Å². The molecule has 0 aliphatic carbocycles. The average Bonchev–Trinajstić information content (AvgIpc) is 2.64. The number of carbonyl (C=O) groups is 1. The molecule has 7 nitrogen and oxygen atoms in total. The van der Waals surface area contributed by atoms with Gasteiger partial charge in [-0.2, -0.15) is 0 Å². The summed E-state index contributed by atoms with van der Waals surface area (Å²) in [4.78, 5) is 22.8. The van der Waals surface area contributed by atoms with Crippen molar-refractivity contribution >= 4 is 11.6 Å². The van der Waals surface area contributed by atoms with E-state index in [1.807, 2.05) is 25.1 Å². The van der Waals surface area contributed by atoms with Gasteiger partial charge in [0, 0.05) is 30.7 Å². The van der Waals surface area contributed by atoms with Crippen LogP contribution in [0, 0.1) is 6.92 Å². The Balaban J connectivity index is 1.50. The lowest BCUT2D eigenvalue weighted by Gasteiger charge is -2.31. The van der Waals surface area contributed by atoms with E-state index in [0.29, 0.717) is 24.8 Å². The van der Waals surface area contributed by atoms with E-state index in [2.05, 4.69) is 20.2 Å². The van der Waals surface area contributed by atoms with Gasteiger partial charge in [0.2, 0.25) is 5.91 Å². The van der Waals surface area contributed by atoms with Crippen LogP contribution >= 0.6 is 0 Å². The number of amides is 1. The standard InChI is InChI=1S/C19H24N4O3/c1-14-10-20-19(21-11-14)26-17-7-4-8-23(12-17)13-18(24)22-15-5-3-6-16(9-15)25-2/h3,5-6,9-11,17H,4,7-8,12-13H2,1-2H3,(H,22,24). The summed E-state index contributed by atoms with van der Waals surface area (Å²) in [5.41, 5.74) is 1.73. The number of hydrogen-bond donors (Lipinski definition) is 1. The molecule has 1 amide bonds. The number of likely N-dealkylation sites (tertiary alicyclic amines) is 1. The lowest BCUT2D eigenvalue weighted by molar-refractivity contribution is -0.117. The number of ether oxygens (including phenoxy) is 2. The second-order valence-electron chi connectivity index (χ2n) is 6.44. The molecule has 3 rings (SSSR count). The molecule has 1 aliphatic heterocycles. The van der Waals surface area contributed by atoms with Gasteiger partial charge >= 0.3 is 6.01 Å². The highest BCUT2D eigenvalue weighted by atomic mass is 16.5. The Morgan fingerprint density at radius 1 is 1.35 bits per heavy atom. The number of aryl methyl sites for hydroxylation is 1. The Morgan fingerprint density at radius 2 is 2.15 bits per heavy atom. The number of nitrogens with one attached hydrogen (secondary N) is 1. The smallest absolute Gasteiger partial charge is 0.316 e. The number of carbonyl (C=O) groups excluding carboxylic acids is 1. The molecule has 1 N–H and O–H groups in total. The van der Waals surface area contributed by atoms with Crippen molar-refractivity contribution in [3.8, 4) is 11.8 Å². The van der Waals surface area contributed by atoms with Crippen LogP contribution in [0.5, 0.6) is 11.8 Å². The van der Waals surface area contributed by atoms with Crippen LogP contribution in [0.25, 0.3) is 0 Å². The Labute approximate surface area is 153 Å². The number of benzene rings is 1. The molecule has 2 heterocycles. The van der Waals surface area contributed by atoms with Gasteiger partial charge in [-0.15, -0.1) is 0 Å². The fourth-order valence-electron chi connectivity index (χ4n) is 2.95. The minimum Gasteiger partial charge on any atom is -0.497 e. The third-order valence-corrected chi connectivity index (χ3v) is 4.21. The van der Waals surface area contributed by atoms with Crippen molar-refractivity contribution in [3.05, 3.63) is 42.2 Å². The van der Waals surface area contributed by atoms with E-state index in [0.717, 1.165) is 30.6 Å². The van der Waals surface area contributed by atoms with Crippen LogP contribution < -0.4 is 14.8 Å². The molecule has 2 aromatic rings. The summed E-state index contributed by atoms with van der Waals surface area (Å²) in [7, 11) is 1.60. The third kappa shape index (κ3) is 5.16. The predicted octanol–water partition coefficient (Wildman–Crippen LogP) is 2.28. The molecular weight excluding hydrogens is 332 g/mol. The first-order chi connectivity index (χ1) is 12.6. The van der Waals surface area contributed by atoms with E-state index in [1.54, 1.807) is 25.6 Å². The van der Waals surface area contributed by atoms with Gasteiger partial charge in [-0.1, -0.05) is 6.07 Å². The van der Waals surface area contributed by atoms with E-state index < -0.39 is 0 Å². The van der Waals surface area contributed by atoms with E-state index in [1.165, 1.54) is 0 Å². The van der Waals surface area contributed by atoms with Gasteiger partial charge in [0.15, 0.2) is 0 Å². The van der Waals surface area contributed by atoms with Crippen molar-refractivity contribution in [3.63, 3.8) is 0 Å². The van der Waals surface area contributed by atoms with Gasteiger partial charge in [-0.05, 0) is 44.0 Å². The number of piperidine rings is 1. The van der Waals surface area contributed by atoms with Gasteiger partial charge in [-0.25, -0.2) is 9.97 Å². The number of hydrogen-bond acceptors (Lipinski definition) is 6. The maximum atomic E-state index is 12.3. The van der Waals surface area contributed by atoms with Crippen LogP contribution in [-0.2, 0) is 4.79 Å². The molecule has 0 spiro atoms. The summed E-state index contributed by atoms with van der Waals surface area (Å²) in [6, 6.07) is 7.73. The largest absolute Gasteiger partial charge is 0.497 e. The van der Waals surface area contributed by atoms with Crippen LogP contribution in [-0.4, -0.2) is 53.6 Å². The van der Waals surface area contributed by atoms with E-state index in [4.69, 9.17) is 9.47 Å². The molecule has 1 atom stereocenters. The topological polar surface area (TPSA) is 76.6 Å². The van der Waals surface area contributed by atoms with Gasteiger partial charge < -0.3 is 14.8 Å². The first-order valence-corrected chi connectivity index (χ1v) is 8.74. The molecule has 138 valence electrons. The van der Waals surface area contributed by atoms with Crippen LogP contribution in [0.1, 0.15) is 18.4 Å². The Hall–Kier alpha value is -2.67. The highest BCUT2D eigenvalue weighted by Gasteiger charge is 2.23. The maximum Gasteiger partial charge on any atom is 0.316 e. The zero-order valence-electron chi connectivity index (χ0n) is 15.1. The van der Waals surface area contributed by atoms with Gasteiger partial charge in [0.1, 0.15) is 11.9 Å². The molecule has 26 heavy (non-hydrogen) atoms. The van der Waals surface area contributed by atoms with Crippen LogP contribution in [0.15, 0.2) is 36.7 Å². The minimum atomic E-state index is -0.0505. The summed E-state index contributed by atoms with van der Waals surface area (Å²) >= 11 is 0. The summed E-state index contributed by atoms with van der Waals surface area (Å²) in [6.07, 6.45) is 5.39. The Kier molecular flexibility index (Phi) is 6.01. The van der Waals surface area contributed by atoms with Crippen LogP contribution in [0.4, 0.5) is 5.69 Å². The normalized spacial score (nSPS) is 17.5. The molecule has 1 fully saturated rings. The number of rotatable bonds is 6. The molecule has 1 saturated heterocycles. The van der Waals surface area contributed by atoms with E-state index in [9.17, 15) is 4.79 Å². The second kappa shape index (κ2) is 8.62. The SMILES string of the molecule is COc1cccc(NC(=O)CN2CCCC(Oc3ncc(C)cn3)C2)c1. The van der Waals surface area contributed by atoms with Crippen molar-refractivity contribution < 1.29 is 14.3 Å². The van der Waals surface area contributed by atoms with Gasteiger partial charge in [-0.3, -0.25) is 9.69 Å². The minimum absolute atomic E-state index is 0.00363. The summed E-state index contributed by atoms with van der Waals surface area (Å²) in [6.45, 7) is 3.82. The quantitative estimate of drug-likeness (QED) is 0.856. The monoisotopic (exact) mass is 356 g/mol. The Morgan fingerprint density at radius 3 is 2.92 bits per heavy atom. The van der Waals surface area contributed by atoms with Crippen molar-refractivity contribution in [2.45, 2.75) is 25.9 Å². The van der Waals surface area contributed by atoms with Crippen LogP contribution in [0.3, 0.4) is 0 Å². The fourth-order valence-corrected chi connectivity index (χ4v) is 2.95. The molecule has 0 radical (unpaired) electrons. The fraction of sp³-hybridized carbons (Fsp3) is 0.421. The number of nitrogens with zero attached hydrogens (tertiary/aromatic N) is 3. The summed E-state index contributed by atoms with van der Waals surface area (Å²) in [5, 5.41) is 2.91. The zero-order valence-corrected chi connectivity index (χ0v) is 15.1. The second-order valence-corrected chi connectivity index (χ2v) is 6.44. The van der Waals surface area contributed by atoms with Crippen molar-refractivity contribution in [2.75, 3.05) is 32.1 Å². The summed E-state index contributed by atoms with van der Waals surface area (Å²) in [5.74, 6) is 0.665. The molecule has 0 saturated carbocycles. The number of aromatic nitrogens is 2. The molecular formula is C19H24N4O3. The molecule has 7 heteroatoms. The lowest BCUT2D eigenvalue weighted by atomic mass is 10.1. The maximum absolute atomic E-state index is 12.3. The van der Waals surface area contributed by atoms with E-state index >= 15 is 0 Å². The first kappa shape index (κ1) is 18.1. The molecule has 1 unspecified atom stereocenters. The van der Waals surface area contributed by atoms with Crippen molar-refractivity contribution in [2.24, 2.45) is 0 Å². The lowest BCUT2D eigenvalue weighted by Crippen LogP contribution is -2.44. The zero-order chi connectivity index (χ0) is 18.4. The molecule has 0 bridgehead atoms. The number of methoxy groups -OCH3 is 1. The predicted molar refractivity (Wildman–Crippen MR) is 98.5 cm³/mol. The first-order valence-electron chi connectivity index (χ1n) is 8.74.